The Labute approximate surface area is 105 Å². The highest BCUT2D eigenvalue weighted by Crippen LogP contribution is 2.44. The minimum atomic E-state index is -5.24. The van der Waals surface area contributed by atoms with Crippen LogP contribution < -0.4 is 0 Å². The fourth-order valence-electron chi connectivity index (χ4n) is 1.85. The van der Waals surface area contributed by atoms with E-state index in [1.807, 2.05) is 0 Å². The van der Waals surface area contributed by atoms with Crippen molar-refractivity contribution in [2.45, 2.75) is 32.6 Å². The summed E-state index contributed by atoms with van der Waals surface area (Å²) in [6, 6.07) is 1.70. The van der Waals surface area contributed by atoms with E-state index in [4.69, 9.17) is 0 Å². The van der Waals surface area contributed by atoms with E-state index in [2.05, 4.69) is 0 Å². The summed E-state index contributed by atoms with van der Waals surface area (Å²) in [5, 5.41) is 0. The summed E-state index contributed by atoms with van der Waals surface area (Å²) in [5.74, 6) is -1.06. The zero-order valence-electron chi connectivity index (χ0n) is 10.0. The van der Waals surface area contributed by atoms with Gasteiger partial charge in [-0.15, -0.1) is 0 Å². The van der Waals surface area contributed by atoms with Crippen LogP contribution in [-0.4, -0.2) is 5.78 Å². The van der Waals surface area contributed by atoms with Crippen LogP contribution in [0.5, 0.6) is 0 Å². The molecule has 1 rings (SSSR count). The molecular formula is C12H10F6O. The molecule has 0 N–H and O–H groups in total. The van der Waals surface area contributed by atoms with E-state index in [1.54, 1.807) is 0 Å². The second kappa shape index (κ2) is 4.86. The van der Waals surface area contributed by atoms with Gasteiger partial charge in [-0.05, 0) is 18.9 Å². The first kappa shape index (κ1) is 15.5. The van der Waals surface area contributed by atoms with Gasteiger partial charge in [-0.25, -0.2) is 0 Å². The fourth-order valence-corrected chi connectivity index (χ4v) is 1.85. The van der Waals surface area contributed by atoms with Gasteiger partial charge in [-0.1, -0.05) is 19.1 Å². The molecule has 1 aromatic carbocycles. The molecule has 1 aromatic rings. The van der Waals surface area contributed by atoms with E-state index in [0.717, 1.165) is 19.1 Å². The van der Waals surface area contributed by atoms with Gasteiger partial charge in [0.2, 0.25) is 0 Å². The molecule has 0 spiro atoms. The maximum atomic E-state index is 12.9. The van der Waals surface area contributed by atoms with E-state index in [0.29, 0.717) is 0 Å². The van der Waals surface area contributed by atoms with Crippen LogP contribution in [0.1, 0.15) is 40.9 Å². The summed E-state index contributed by atoms with van der Waals surface area (Å²) in [6.07, 6.45) is -10.6. The lowest BCUT2D eigenvalue weighted by Gasteiger charge is -2.21. The van der Waals surface area contributed by atoms with Crippen LogP contribution in [0, 0.1) is 0 Å². The van der Waals surface area contributed by atoms with Crippen molar-refractivity contribution in [2.24, 2.45) is 0 Å². The molecule has 0 atom stereocenters. The van der Waals surface area contributed by atoms with Crippen LogP contribution in [0.25, 0.3) is 0 Å². The SMILES string of the molecule is CCc1ccc(C(C)=O)c(C(F)(F)F)c1C(F)(F)F. The smallest absolute Gasteiger partial charge is 0.294 e. The summed E-state index contributed by atoms with van der Waals surface area (Å²) in [6.45, 7) is 2.12. The van der Waals surface area contributed by atoms with Crippen molar-refractivity contribution in [1.82, 2.24) is 0 Å². The van der Waals surface area contributed by atoms with Crippen LogP contribution in [0.4, 0.5) is 26.3 Å². The Morgan fingerprint density at radius 1 is 1.00 bits per heavy atom. The van der Waals surface area contributed by atoms with Gasteiger partial charge < -0.3 is 0 Å². The Morgan fingerprint density at radius 2 is 1.47 bits per heavy atom. The molecular weight excluding hydrogens is 274 g/mol. The third-order valence-electron chi connectivity index (χ3n) is 2.62. The Hall–Kier alpha value is -1.53. The Kier molecular flexibility index (Phi) is 3.97. The van der Waals surface area contributed by atoms with Crippen molar-refractivity contribution < 1.29 is 31.1 Å². The second-order valence-electron chi connectivity index (χ2n) is 3.93. The molecule has 0 saturated carbocycles. The Balaban J connectivity index is 3.83. The lowest BCUT2D eigenvalue weighted by molar-refractivity contribution is -0.162. The van der Waals surface area contributed by atoms with Gasteiger partial charge in [-0.3, -0.25) is 4.79 Å². The quantitative estimate of drug-likeness (QED) is 0.577. The average molecular weight is 284 g/mol. The molecule has 7 heteroatoms. The number of alkyl halides is 6. The van der Waals surface area contributed by atoms with E-state index in [-0.39, 0.29) is 6.42 Å². The normalized spacial score (nSPS) is 12.6. The number of ketones is 1. The molecule has 19 heavy (non-hydrogen) atoms. The first-order valence-electron chi connectivity index (χ1n) is 5.31. The number of carbonyl (C=O) groups excluding carboxylic acids is 1. The Morgan fingerprint density at radius 3 is 1.79 bits per heavy atom. The van der Waals surface area contributed by atoms with Crippen LogP contribution >= 0.6 is 0 Å². The molecule has 0 radical (unpaired) electrons. The minimum Gasteiger partial charge on any atom is -0.294 e. The van der Waals surface area contributed by atoms with E-state index in [1.165, 1.54) is 6.92 Å². The third kappa shape index (κ3) is 3.08. The average Bonchev–Trinajstić information content (AvgIpc) is 2.24. The zero-order valence-corrected chi connectivity index (χ0v) is 10.0. The largest absolute Gasteiger partial charge is 0.417 e. The molecule has 1 nitrogen and oxygen atoms in total. The number of Topliss-reactive ketones (excluding diaryl/α,β-unsaturated/α-hetero) is 1. The van der Waals surface area contributed by atoms with Crippen LogP contribution in [0.15, 0.2) is 12.1 Å². The van der Waals surface area contributed by atoms with Crippen molar-refractivity contribution >= 4 is 5.78 Å². The highest BCUT2D eigenvalue weighted by molar-refractivity contribution is 5.96. The van der Waals surface area contributed by atoms with Crippen LogP contribution in [0.2, 0.25) is 0 Å². The van der Waals surface area contributed by atoms with Crippen molar-refractivity contribution in [3.8, 4) is 0 Å². The van der Waals surface area contributed by atoms with Crippen molar-refractivity contribution in [3.05, 3.63) is 34.4 Å². The molecule has 106 valence electrons. The molecule has 0 saturated heterocycles. The number of hydrogen-bond acceptors (Lipinski definition) is 1. The standard InChI is InChI=1S/C12H10F6O/c1-3-7-4-5-8(6(2)19)10(12(16,17)18)9(7)11(13,14)15/h4-5H,3H2,1-2H3. The summed E-state index contributed by atoms with van der Waals surface area (Å²) < 4.78 is 77.2. The highest BCUT2D eigenvalue weighted by Gasteiger charge is 2.46. The summed E-state index contributed by atoms with van der Waals surface area (Å²) in [7, 11) is 0. The van der Waals surface area contributed by atoms with E-state index in [9.17, 15) is 31.1 Å². The number of benzene rings is 1. The Bertz CT molecular complexity index is 498. The first-order chi connectivity index (χ1) is 8.50. The molecule has 0 heterocycles. The molecule has 0 aliphatic heterocycles. The fraction of sp³-hybridized carbons (Fsp3) is 0.417. The maximum absolute atomic E-state index is 12.9. The third-order valence-corrected chi connectivity index (χ3v) is 2.62. The second-order valence-corrected chi connectivity index (χ2v) is 3.93. The van der Waals surface area contributed by atoms with Gasteiger partial charge in [0.05, 0.1) is 11.1 Å². The van der Waals surface area contributed by atoms with E-state index >= 15 is 0 Å². The number of aryl methyl sites for hydroxylation is 1. The number of carbonyl (C=O) groups is 1. The minimum absolute atomic E-state index is 0.212. The highest BCUT2D eigenvalue weighted by atomic mass is 19.4. The van der Waals surface area contributed by atoms with Gasteiger partial charge in [0.25, 0.3) is 0 Å². The number of hydrogen-bond donors (Lipinski definition) is 0. The summed E-state index contributed by atoms with van der Waals surface area (Å²) in [4.78, 5) is 11.1. The van der Waals surface area contributed by atoms with Gasteiger partial charge in [0.1, 0.15) is 0 Å². The van der Waals surface area contributed by atoms with Gasteiger partial charge in [-0.2, -0.15) is 26.3 Å². The predicted molar refractivity (Wildman–Crippen MR) is 55.8 cm³/mol. The summed E-state index contributed by atoms with van der Waals surface area (Å²) in [5.41, 5.74) is -5.11. The molecule has 0 amide bonds. The molecule has 0 aliphatic rings. The van der Waals surface area contributed by atoms with Gasteiger partial charge in [0.15, 0.2) is 5.78 Å². The van der Waals surface area contributed by atoms with Gasteiger partial charge in [0, 0.05) is 5.56 Å². The monoisotopic (exact) mass is 284 g/mol. The van der Waals surface area contributed by atoms with Crippen molar-refractivity contribution in [1.29, 1.82) is 0 Å². The van der Waals surface area contributed by atoms with Crippen LogP contribution in [-0.2, 0) is 18.8 Å². The molecule has 0 aliphatic carbocycles. The van der Waals surface area contributed by atoms with Crippen molar-refractivity contribution in [2.75, 3.05) is 0 Å². The van der Waals surface area contributed by atoms with Gasteiger partial charge >= 0.3 is 12.4 Å². The molecule has 0 bridgehead atoms. The van der Waals surface area contributed by atoms with Crippen LogP contribution in [0.3, 0.4) is 0 Å². The number of halogens is 6. The molecule has 0 fully saturated rings. The topological polar surface area (TPSA) is 17.1 Å². The maximum Gasteiger partial charge on any atom is 0.417 e. The lowest BCUT2D eigenvalue weighted by atomic mass is 9.92. The van der Waals surface area contributed by atoms with E-state index < -0.39 is 40.4 Å². The predicted octanol–water partition coefficient (Wildman–Crippen LogP) is 4.49. The van der Waals surface area contributed by atoms with Crippen molar-refractivity contribution in [3.63, 3.8) is 0 Å². The first-order valence-corrected chi connectivity index (χ1v) is 5.31. The molecule has 0 aromatic heterocycles. The zero-order chi connectivity index (χ0) is 15.0. The molecule has 0 unspecified atom stereocenters. The lowest BCUT2D eigenvalue weighted by Crippen LogP contribution is -2.22. The summed E-state index contributed by atoms with van der Waals surface area (Å²) >= 11 is 0. The number of rotatable bonds is 2.